The molecule has 0 bridgehead atoms. The largest absolute Gasteiger partial charge is 0.310 e. The summed E-state index contributed by atoms with van der Waals surface area (Å²) in [4.78, 5) is 0. The van der Waals surface area contributed by atoms with Crippen molar-refractivity contribution >= 4 is 10.0 Å². The van der Waals surface area contributed by atoms with Gasteiger partial charge in [0.25, 0.3) is 10.0 Å². The normalized spacial score (nSPS) is 16.6. The fraction of sp³-hybridized carbons (Fsp3) is 0.769. The molecule has 2 rings (SSSR count). The summed E-state index contributed by atoms with van der Waals surface area (Å²) in [6.07, 6.45) is 2.34. The second-order valence-electron chi connectivity index (χ2n) is 6.67. The molecule has 6 nitrogen and oxygen atoms in total. The topological polar surface area (TPSA) is 86.9 Å². The molecule has 1 aromatic rings. The van der Waals surface area contributed by atoms with Crippen molar-refractivity contribution in [2.45, 2.75) is 58.1 Å². The lowest BCUT2D eigenvalue weighted by Crippen LogP contribution is -2.33. The molecule has 3 N–H and O–H groups in total. The lowest BCUT2D eigenvalue weighted by molar-refractivity contribution is 0.407. The van der Waals surface area contributed by atoms with E-state index >= 15 is 0 Å². The molecule has 1 heterocycles. The minimum Gasteiger partial charge on any atom is -0.310 e. The standard InChI is InChI=1S/C13H24N4O2S/c1-9-11(7-14-10-5-6-10)12(17-16-9)20(18,19)15-8-13(2,3)4/h10,14-15H,5-8H2,1-4H3,(H,16,17). The van der Waals surface area contributed by atoms with Crippen molar-refractivity contribution in [1.29, 1.82) is 0 Å². The maximum absolute atomic E-state index is 12.4. The third kappa shape index (κ3) is 4.04. The van der Waals surface area contributed by atoms with Crippen molar-refractivity contribution in [1.82, 2.24) is 20.2 Å². The average molecular weight is 300 g/mol. The van der Waals surface area contributed by atoms with Gasteiger partial charge in [-0.05, 0) is 25.2 Å². The molecule has 0 saturated heterocycles. The number of sulfonamides is 1. The molecule has 1 aliphatic rings. The van der Waals surface area contributed by atoms with Crippen LogP contribution in [-0.4, -0.2) is 31.2 Å². The molecule has 20 heavy (non-hydrogen) atoms. The molecule has 0 spiro atoms. The Hall–Kier alpha value is -0.920. The quantitative estimate of drug-likeness (QED) is 0.739. The van der Waals surface area contributed by atoms with Gasteiger partial charge in [0, 0.05) is 30.4 Å². The van der Waals surface area contributed by atoms with Gasteiger partial charge in [-0.1, -0.05) is 20.8 Å². The molecule has 1 aliphatic carbocycles. The summed E-state index contributed by atoms with van der Waals surface area (Å²) in [5.74, 6) is 0. The highest BCUT2D eigenvalue weighted by molar-refractivity contribution is 7.89. The third-order valence-electron chi connectivity index (χ3n) is 3.23. The number of H-pyrrole nitrogens is 1. The van der Waals surface area contributed by atoms with Crippen LogP contribution in [0.4, 0.5) is 0 Å². The minimum absolute atomic E-state index is 0.106. The van der Waals surface area contributed by atoms with Gasteiger partial charge >= 0.3 is 0 Å². The summed E-state index contributed by atoms with van der Waals surface area (Å²) in [7, 11) is -3.56. The zero-order chi connectivity index (χ0) is 15.0. The van der Waals surface area contributed by atoms with E-state index in [0.717, 1.165) is 11.3 Å². The highest BCUT2D eigenvalue weighted by atomic mass is 32.2. The van der Waals surface area contributed by atoms with Crippen LogP contribution < -0.4 is 10.0 Å². The minimum atomic E-state index is -3.56. The smallest absolute Gasteiger partial charge is 0.260 e. The van der Waals surface area contributed by atoms with Crippen LogP contribution >= 0.6 is 0 Å². The van der Waals surface area contributed by atoms with Crippen molar-refractivity contribution in [3.63, 3.8) is 0 Å². The second-order valence-corrected chi connectivity index (χ2v) is 8.35. The fourth-order valence-electron chi connectivity index (χ4n) is 1.77. The van der Waals surface area contributed by atoms with E-state index < -0.39 is 10.0 Å². The van der Waals surface area contributed by atoms with E-state index in [1.54, 1.807) is 0 Å². The zero-order valence-electron chi connectivity index (χ0n) is 12.6. The van der Waals surface area contributed by atoms with Crippen LogP contribution in [0.3, 0.4) is 0 Å². The van der Waals surface area contributed by atoms with Gasteiger partial charge in [0.1, 0.15) is 0 Å². The predicted octanol–water partition coefficient (Wildman–Crippen LogP) is 1.29. The Kier molecular flexibility index (Phi) is 4.22. The fourth-order valence-corrected chi connectivity index (χ4v) is 3.25. The average Bonchev–Trinajstić information content (AvgIpc) is 3.07. The van der Waals surface area contributed by atoms with Crippen molar-refractivity contribution in [2.75, 3.05) is 6.54 Å². The number of aromatic nitrogens is 2. The summed E-state index contributed by atoms with van der Waals surface area (Å²) in [5, 5.41) is 10.2. The lowest BCUT2D eigenvalue weighted by Gasteiger charge is -2.18. The van der Waals surface area contributed by atoms with Gasteiger partial charge < -0.3 is 5.32 Å². The van der Waals surface area contributed by atoms with Crippen LogP contribution in [0, 0.1) is 12.3 Å². The first-order valence-electron chi connectivity index (χ1n) is 6.96. The van der Waals surface area contributed by atoms with Gasteiger partial charge in [0.05, 0.1) is 0 Å². The Morgan fingerprint density at radius 1 is 1.35 bits per heavy atom. The molecule has 114 valence electrons. The van der Waals surface area contributed by atoms with Gasteiger partial charge in [-0.3, -0.25) is 5.10 Å². The molecule has 0 radical (unpaired) electrons. The first-order chi connectivity index (χ1) is 9.19. The Balaban J connectivity index is 2.13. The highest BCUT2D eigenvalue weighted by Crippen LogP contribution is 2.22. The van der Waals surface area contributed by atoms with Gasteiger partial charge in [-0.25, -0.2) is 13.1 Å². The molecule has 7 heteroatoms. The van der Waals surface area contributed by atoms with Crippen LogP contribution in [0.2, 0.25) is 0 Å². The van der Waals surface area contributed by atoms with Gasteiger partial charge in [-0.15, -0.1) is 0 Å². The Bertz CT molecular complexity index is 568. The molecule has 0 unspecified atom stereocenters. The molecule has 1 aromatic heterocycles. The number of aryl methyl sites for hydroxylation is 1. The number of rotatable bonds is 6. The Labute approximate surface area is 120 Å². The third-order valence-corrected chi connectivity index (χ3v) is 4.60. The molecule has 0 aromatic carbocycles. The molecule has 1 saturated carbocycles. The van der Waals surface area contributed by atoms with Crippen molar-refractivity contribution in [3.05, 3.63) is 11.3 Å². The van der Waals surface area contributed by atoms with E-state index in [0.29, 0.717) is 19.1 Å². The van der Waals surface area contributed by atoms with Crippen molar-refractivity contribution in [2.24, 2.45) is 5.41 Å². The number of hydrogen-bond acceptors (Lipinski definition) is 4. The van der Waals surface area contributed by atoms with Crippen LogP contribution in [0.5, 0.6) is 0 Å². The summed E-state index contributed by atoms with van der Waals surface area (Å²) >= 11 is 0. The number of nitrogens with one attached hydrogen (secondary N) is 3. The van der Waals surface area contributed by atoms with E-state index in [4.69, 9.17) is 0 Å². The van der Waals surface area contributed by atoms with Crippen molar-refractivity contribution < 1.29 is 8.42 Å². The summed E-state index contributed by atoms with van der Waals surface area (Å²) in [6.45, 7) is 8.73. The van der Waals surface area contributed by atoms with E-state index in [1.165, 1.54) is 12.8 Å². The Morgan fingerprint density at radius 2 is 2.00 bits per heavy atom. The zero-order valence-corrected chi connectivity index (χ0v) is 13.4. The first-order valence-corrected chi connectivity index (χ1v) is 8.44. The van der Waals surface area contributed by atoms with E-state index in [1.807, 2.05) is 27.7 Å². The molecular weight excluding hydrogens is 276 g/mol. The van der Waals surface area contributed by atoms with Gasteiger partial charge in [0.2, 0.25) is 0 Å². The van der Waals surface area contributed by atoms with Crippen LogP contribution in [0.1, 0.15) is 44.9 Å². The van der Waals surface area contributed by atoms with E-state index in [2.05, 4.69) is 20.2 Å². The monoisotopic (exact) mass is 300 g/mol. The summed E-state index contributed by atoms with van der Waals surface area (Å²) < 4.78 is 27.3. The van der Waals surface area contributed by atoms with Crippen LogP contribution in [-0.2, 0) is 16.6 Å². The number of hydrogen-bond donors (Lipinski definition) is 3. The second kappa shape index (κ2) is 5.46. The Morgan fingerprint density at radius 3 is 2.55 bits per heavy atom. The highest BCUT2D eigenvalue weighted by Gasteiger charge is 2.27. The first kappa shape index (κ1) is 15.5. The molecule has 1 fully saturated rings. The lowest BCUT2D eigenvalue weighted by atomic mass is 9.98. The van der Waals surface area contributed by atoms with Crippen LogP contribution in [0.15, 0.2) is 5.03 Å². The van der Waals surface area contributed by atoms with Crippen LogP contribution in [0.25, 0.3) is 0 Å². The maximum Gasteiger partial charge on any atom is 0.260 e. The van der Waals surface area contributed by atoms with Crippen molar-refractivity contribution in [3.8, 4) is 0 Å². The molecule has 0 atom stereocenters. The molecule has 0 amide bonds. The van der Waals surface area contributed by atoms with Gasteiger partial charge in [0.15, 0.2) is 5.03 Å². The maximum atomic E-state index is 12.4. The summed E-state index contributed by atoms with van der Waals surface area (Å²) in [5.41, 5.74) is 1.43. The summed E-state index contributed by atoms with van der Waals surface area (Å²) in [6, 6.07) is 0.530. The van der Waals surface area contributed by atoms with Gasteiger partial charge in [-0.2, -0.15) is 5.10 Å². The SMILES string of the molecule is Cc1[nH]nc(S(=O)(=O)NCC(C)(C)C)c1CNC1CC1. The molecule has 0 aliphatic heterocycles. The predicted molar refractivity (Wildman–Crippen MR) is 77.8 cm³/mol. The molecular formula is C13H24N4O2S. The number of nitrogens with zero attached hydrogens (tertiary/aromatic N) is 1. The van der Waals surface area contributed by atoms with E-state index in [-0.39, 0.29) is 10.4 Å². The van der Waals surface area contributed by atoms with E-state index in [9.17, 15) is 8.42 Å². The number of aromatic amines is 1.